The third-order valence-corrected chi connectivity index (χ3v) is 4.89. The molecule has 1 aromatic heterocycles. The molecule has 0 spiro atoms. The number of amides is 1. The second-order valence-corrected chi connectivity index (χ2v) is 8.25. The fraction of sp³-hybridized carbons (Fsp3) is 0.409. The molecule has 0 aliphatic carbocycles. The summed E-state index contributed by atoms with van der Waals surface area (Å²) in [5.74, 6) is 1.19. The highest BCUT2D eigenvalue weighted by Gasteiger charge is 2.31. The molecule has 2 heterocycles. The highest BCUT2D eigenvalue weighted by atomic mass is 16.6. The molecule has 6 nitrogen and oxygen atoms in total. The topological polar surface area (TPSA) is 68.5 Å². The molecule has 3 aromatic rings. The minimum Gasteiger partial charge on any atom is -0.444 e. The number of carbonyl (C=O) groups is 1. The van der Waals surface area contributed by atoms with E-state index in [9.17, 15) is 4.79 Å². The number of rotatable bonds is 2. The number of piperidine rings is 1. The van der Waals surface area contributed by atoms with Gasteiger partial charge in [0.25, 0.3) is 0 Å². The van der Waals surface area contributed by atoms with E-state index in [2.05, 4.69) is 28.3 Å². The number of ether oxygens (including phenoxy) is 1. The molecule has 0 saturated carbocycles. The van der Waals surface area contributed by atoms with Crippen molar-refractivity contribution in [3.8, 4) is 11.4 Å². The van der Waals surface area contributed by atoms with Gasteiger partial charge < -0.3 is 14.2 Å². The summed E-state index contributed by atoms with van der Waals surface area (Å²) < 4.78 is 11.1. The van der Waals surface area contributed by atoms with Gasteiger partial charge in [-0.15, -0.1) is 0 Å². The largest absolute Gasteiger partial charge is 0.444 e. The number of benzene rings is 2. The van der Waals surface area contributed by atoms with E-state index in [1.807, 2.05) is 45.0 Å². The van der Waals surface area contributed by atoms with E-state index in [4.69, 9.17) is 9.26 Å². The van der Waals surface area contributed by atoms with E-state index in [0.717, 1.165) is 29.2 Å². The van der Waals surface area contributed by atoms with Crippen LogP contribution in [0.5, 0.6) is 0 Å². The molecule has 1 fully saturated rings. The number of aromatic nitrogens is 2. The summed E-state index contributed by atoms with van der Waals surface area (Å²) in [7, 11) is 0. The monoisotopic (exact) mass is 379 g/mol. The SMILES string of the molecule is CC(C)(C)OC(=O)N1CCCC(c2nc(-c3cccc4ccccc34)no2)C1. The first kappa shape index (κ1) is 18.5. The quantitative estimate of drug-likeness (QED) is 0.626. The summed E-state index contributed by atoms with van der Waals surface area (Å²) in [6.45, 7) is 6.85. The Kier molecular flexibility index (Phi) is 4.79. The summed E-state index contributed by atoms with van der Waals surface area (Å²) in [6.07, 6.45) is 1.51. The molecule has 6 heteroatoms. The minimum atomic E-state index is -0.504. The van der Waals surface area contributed by atoms with Gasteiger partial charge in [0.1, 0.15) is 5.60 Å². The lowest BCUT2D eigenvalue weighted by Gasteiger charge is -2.32. The van der Waals surface area contributed by atoms with Crippen LogP contribution in [0.2, 0.25) is 0 Å². The summed E-state index contributed by atoms with van der Waals surface area (Å²) in [6, 6.07) is 14.2. The highest BCUT2D eigenvalue weighted by molar-refractivity contribution is 5.94. The second kappa shape index (κ2) is 7.26. The van der Waals surface area contributed by atoms with Crippen LogP contribution >= 0.6 is 0 Å². The van der Waals surface area contributed by atoms with Crippen molar-refractivity contribution < 1.29 is 14.1 Å². The standard InChI is InChI=1S/C22H25N3O3/c1-22(2,3)27-21(26)25-13-7-10-16(14-25)20-23-19(24-28-20)18-12-6-9-15-8-4-5-11-17(15)18/h4-6,8-9,11-12,16H,7,10,13-14H2,1-3H3. The molecule has 1 amide bonds. The van der Waals surface area contributed by atoms with E-state index < -0.39 is 5.60 Å². The molecular weight excluding hydrogens is 354 g/mol. The van der Waals surface area contributed by atoms with E-state index in [1.165, 1.54) is 0 Å². The number of hydrogen-bond acceptors (Lipinski definition) is 5. The zero-order valence-corrected chi connectivity index (χ0v) is 16.5. The predicted octanol–water partition coefficient (Wildman–Crippen LogP) is 5.00. The molecule has 0 radical (unpaired) electrons. The average molecular weight is 379 g/mol. The van der Waals surface area contributed by atoms with Gasteiger partial charge in [-0.3, -0.25) is 0 Å². The van der Waals surface area contributed by atoms with E-state index in [1.54, 1.807) is 4.90 Å². The molecular formula is C22H25N3O3. The molecule has 0 bridgehead atoms. The van der Waals surface area contributed by atoms with Gasteiger partial charge in [-0.1, -0.05) is 47.6 Å². The fourth-order valence-corrected chi connectivity index (χ4v) is 3.60. The van der Waals surface area contributed by atoms with Gasteiger partial charge in [0.2, 0.25) is 11.7 Å². The number of fused-ring (bicyclic) bond motifs is 1. The summed E-state index contributed by atoms with van der Waals surface area (Å²) >= 11 is 0. The lowest BCUT2D eigenvalue weighted by Crippen LogP contribution is -2.42. The van der Waals surface area contributed by atoms with E-state index >= 15 is 0 Å². The van der Waals surface area contributed by atoms with Crippen LogP contribution in [-0.4, -0.2) is 39.8 Å². The van der Waals surface area contributed by atoms with Crippen molar-refractivity contribution in [3.05, 3.63) is 48.4 Å². The van der Waals surface area contributed by atoms with Crippen LogP contribution in [0.3, 0.4) is 0 Å². The summed E-state index contributed by atoms with van der Waals surface area (Å²) in [5.41, 5.74) is 0.448. The maximum Gasteiger partial charge on any atom is 0.410 e. The van der Waals surface area contributed by atoms with Gasteiger partial charge in [-0.05, 0) is 44.4 Å². The van der Waals surface area contributed by atoms with Crippen LogP contribution in [0.15, 0.2) is 47.0 Å². The van der Waals surface area contributed by atoms with Gasteiger partial charge in [-0.2, -0.15) is 4.98 Å². The fourth-order valence-electron chi connectivity index (χ4n) is 3.60. The number of nitrogens with zero attached hydrogens (tertiary/aromatic N) is 3. The molecule has 1 aliphatic rings. The molecule has 0 N–H and O–H groups in total. The van der Waals surface area contributed by atoms with Crippen LogP contribution < -0.4 is 0 Å². The van der Waals surface area contributed by atoms with Gasteiger partial charge in [-0.25, -0.2) is 4.79 Å². The smallest absolute Gasteiger partial charge is 0.410 e. The van der Waals surface area contributed by atoms with Crippen molar-refractivity contribution in [2.75, 3.05) is 13.1 Å². The third kappa shape index (κ3) is 3.86. The molecule has 4 rings (SSSR count). The molecule has 1 aliphatic heterocycles. The minimum absolute atomic E-state index is 0.0255. The predicted molar refractivity (Wildman–Crippen MR) is 107 cm³/mol. The zero-order valence-electron chi connectivity index (χ0n) is 16.5. The molecule has 1 saturated heterocycles. The average Bonchev–Trinajstić information content (AvgIpc) is 3.16. The third-order valence-electron chi connectivity index (χ3n) is 4.89. The van der Waals surface area contributed by atoms with Crippen molar-refractivity contribution in [1.29, 1.82) is 0 Å². The maximum absolute atomic E-state index is 12.4. The van der Waals surface area contributed by atoms with Crippen LogP contribution in [-0.2, 0) is 4.74 Å². The molecule has 1 unspecified atom stereocenters. The Morgan fingerprint density at radius 3 is 2.79 bits per heavy atom. The van der Waals surface area contributed by atoms with Crippen LogP contribution in [0.4, 0.5) is 4.79 Å². The first-order chi connectivity index (χ1) is 13.4. The van der Waals surface area contributed by atoms with Crippen LogP contribution in [0.1, 0.15) is 45.4 Å². The number of carbonyl (C=O) groups excluding carboxylic acids is 1. The van der Waals surface area contributed by atoms with Crippen molar-refractivity contribution in [3.63, 3.8) is 0 Å². The molecule has 2 aromatic carbocycles. The first-order valence-corrected chi connectivity index (χ1v) is 9.70. The Morgan fingerprint density at radius 1 is 1.18 bits per heavy atom. The van der Waals surface area contributed by atoms with E-state index in [-0.39, 0.29) is 12.0 Å². The van der Waals surface area contributed by atoms with Gasteiger partial charge >= 0.3 is 6.09 Å². The van der Waals surface area contributed by atoms with Crippen molar-refractivity contribution in [2.24, 2.45) is 0 Å². The number of likely N-dealkylation sites (tertiary alicyclic amines) is 1. The zero-order chi connectivity index (χ0) is 19.7. The Hall–Kier alpha value is -2.89. The molecule has 28 heavy (non-hydrogen) atoms. The first-order valence-electron chi connectivity index (χ1n) is 9.70. The van der Waals surface area contributed by atoms with Gasteiger partial charge in [0.15, 0.2) is 0 Å². The van der Waals surface area contributed by atoms with Gasteiger partial charge in [0, 0.05) is 18.7 Å². The Morgan fingerprint density at radius 2 is 1.96 bits per heavy atom. The Bertz CT molecular complexity index is 985. The van der Waals surface area contributed by atoms with Gasteiger partial charge in [0.05, 0.1) is 5.92 Å². The lowest BCUT2D eigenvalue weighted by atomic mass is 9.98. The van der Waals surface area contributed by atoms with Crippen LogP contribution in [0.25, 0.3) is 22.2 Å². The summed E-state index contributed by atoms with van der Waals surface area (Å²) in [4.78, 5) is 18.8. The Balaban J connectivity index is 1.55. The highest BCUT2D eigenvalue weighted by Crippen LogP contribution is 2.31. The van der Waals surface area contributed by atoms with E-state index in [0.29, 0.717) is 24.8 Å². The van der Waals surface area contributed by atoms with Crippen molar-refractivity contribution in [1.82, 2.24) is 15.0 Å². The number of hydrogen-bond donors (Lipinski definition) is 0. The summed E-state index contributed by atoms with van der Waals surface area (Å²) in [5, 5.41) is 6.45. The Labute approximate surface area is 164 Å². The normalized spacial score (nSPS) is 17.7. The maximum atomic E-state index is 12.4. The van der Waals surface area contributed by atoms with Crippen molar-refractivity contribution in [2.45, 2.75) is 45.1 Å². The molecule has 146 valence electrons. The lowest BCUT2D eigenvalue weighted by molar-refractivity contribution is 0.0189. The van der Waals surface area contributed by atoms with Crippen LogP contribution in [0, 0.1) is 0 Å². The second-order valence-electron chi connectivity index (χ2n) is 8.25. The molecule has 1 atom stereocenters. The van der Waals surface area contributed by atoms with Crippen molar-refractivity contribution >= 4 is 16.9 Å².